The standard InChI is InChI=1S/C18H25Cl2O2/c1-4-7-8-10-22-18-14(5-2)12-16(13-15(18)6-3)21-11-9-17(19)20/h9,12-13H,1,4-8,10-11H2,2-3H3. The topological polar surface area (TPSA) is 18.5 Å². The van der Waals surface area contributed by atoms with E-state index >= 15 is 0 Å². The third-order valence-electron chi connectivity index (χ3n) is 3.36. The van der Waals surface area contributed by atoms with E-state index in [0.29, 0.717) is 6.61 Å². The summed E-state index contributed by atoms with van der Waals surface area (Å²) in [6.07, 6.45) is 6.52. The molecule has 0 heterocycles. The maximum Gasteiger partial charge on any atom is 0.125 e. The van der Waals surface area contributed by atoms with Crippen molar-refractivity contribution in [3.63, 3.8) is 0 Å². The number of hydrogen-bond acceptors (Lipinski definition) is 2. The highest BCUT2D eigenvalue weighted by Gasteiger charge is 2.11. The van der Waals surface area contributed by atoms with E-state index < -0.39 is 0 Å². The molecule has 1 aromatic carbocycles. The van der Waals surface area contributed by atoms with Gasteiger partial charge < -0.3 is 9.47 Å². The minimum Gasteiger partial charge on any atom is -0.493 e. The number of unbranched alkanes of at least 4 members (excludes halogenated alkanes) is 2. The van der Waals surface area contributed by atoms with Gasteiger partial charge >= 0.3 is 0 Å². The van der Waals surface area contributed by atoms with Gasteiger partial charge in [0.25, 0.3) is 0 Å². The molecule has 123 valence electrons. The van der Waals surface area contributed by atoms with Gasteiger partial charge in [-0.25, -0.2) is 0 Å². The Morgan fingerprint density at radius 1 is 1.09 bits per heavy atom. The molecule has 4 heteroatoms. The minimum atomic E-state index is 0.219. The van der Waals surface area contributed by atoms with Crippen LogP contribution in [0.4, 0.5) is 0 Å². The molecule has 2 nitrogen and oxygen atoms in total. The summed E-state index contributed by atoms with van der Waals surface area (Å²) in [6, 6.07) is 4.07. The van der Waals surface area contributed by atoms with Crippen molar-refractivity contribution in [3.05, 3.63) is 40.8 Å². The van der Waals surface area contributed by atoms with Gasteiger partial charge in [0.1, 0.15) is 22.6 Å². The molecule has 0 bridgehead atoms. The third kappa shape index (κ3) is 6.50. The third-order valence-corrected chi connectivity index (χ3v) is 3.67. The van der Waals surface area contributed by atoms with Gasteiger partial charge in [0.05, 0.1) is 6.61 Å². The summed E-state index contributed by atoms with van der Waals surface area (Å²) < 4.78 is 11.9. The summed E-state index contributed by atoms with van der Waals surface area (Å²) in [5.41, 5.74) is 2.34. The molecule has 0 aromatic heterocycles. The van der Waals surface area contributed by atoms with E-state index in [9.17, 15) is 0 Å². The number of benzene rings is 1. The predicted octanol–water partition coefficient (Wildman–Crippen LogP) is 5.89. The van der Waals surface area contributed by atoms with Gasteiger partial charge in [-0.15, -0.1) is 0 Å². The van der Waals surface area contributed by atoms with Crippen LogP contribution in [0, 0.1) is 6.92 Å². The highest BCUT2D eigenvalue weighted by atomic mass is 35.5. The highest BCUT2D eigenvalue weighted by Crippen LogP contribution is 2.31. The van der Waals surface area contributed by atoms with E-state index in [1.165, 1.54) is 11.1 Å². The second-order valence-electron chi connectivity index (χ2n) is 4.99. The van der Waals surface area contributed by atoms with E-state index in [1.807, 2.05) is 12.1 Å². The van der Waals surface area contributed by atoms with Crippen LogP contribution >= 0.6 is 23.2 Å². The lowest BCUT2D eigenvalue weighted by atomic mass is 10.0. The molecular weight excluding hydrogens is 319 g/mol. The van der Waals surface area contributed by atoms with Crippen LogP contribution < -0.4 is 9.47 Å². The molecule has 0 N–H and O–H groups in total. The lowest BCUT2D eigenvalue weighted by Gasteiger charge is -2.17. The van der Waals surface area contributed by atoms with Crippen molar-refractivity contribution in [1.29, 1.82) is 0 Å². The summed E-state index contributed by atoms with van der Waals surface area (Å²) in [7, 11) is 0. The maximum absolute atomic E-state index is 6.01. The fourth-order valence-corrected chi connectivity index (χ4v) is 2.30. The van der Waals surface area contributed by atoms with Crippen LogP contribution in [0.25, 0.3) is 0 Å². The fourth-order valence-electron chi connectivity index (χ4n) is 2.17. The van der Waals surface area contributed by atoms with Crippen LogP contribution in [0.15, 0.2) is 22.7 Å². The number of halogens is 2. The van der Waals surface area contributed by atoms with Crippen molar-refractivity contribution in [2.75, 3.05) is 13.2 Å². The van der Waals surface area contributed by atoms with Gasteiger partial charge in [0.2, 0.25) is 0 Å². The molecule has 0 saturated carbocycles. The summed E-state index contributed by atoms with van der Waals surface area (Å²) >= 11 is 11.2. The summed E-state index contributed by atoms with van der Waals surface area (Å²) in [6.45, 7) is 9.19. The molecule has 0 amide bonds. The van der Waals surface area contributed by atoms with Crippen molar-refractivity contribution < 1.29 is 9.47 Å². The molecule has 1 rings (SSSR count). The van der Waals surface area contributed by atoms with E-state index in [0.717, 1.165) is 50.2 Å². The second kappa shape index (κ2) is 10.8. The first-order chi connectivity index (χ1) is 10.6. The average molecular weight is 344 g/mol. The Labute approximate surface area is 144 Å². The van der Waals surface area contributed by atoms with Crippen molar-refractivity contribution >= 4 is 23.2 Å². The molecule has 0 fully saturated rings. The molecule has 22 heavy (non-hydrogen) atoms. The zero-order valence-electron chi connectivity index (χ0n) is 13.5. The molecule has 0 saturated heterocycles. The Morgan fingerprint density at radius 3 is 2.23 bits per heavy atom. The van der Waals surface area contributed by atoms with Crippen molar-refractivity contribution in [2.45, 2.75) is 46.0 Å². The van der Waals surface area contributed by atoms with Gasteiger partial charge in [-0.1, -0.05) is 56.8 Å². The number of hydrogen-bond donors (Lipinski definition) is 0. The van der Waals surface area contributed by atoms with Crippen LogP contribution in [0.2, 0.25) is 0 Å². The van der Waals surface area contributed by atoms with E-state index in [-0.39, 0.29) is 4.49 Å². The van der Waals surface area contributed by atoms with Crippen molar-refractivity contribution in [3.8, 4) is 11.5 Å². The van der Waals surface area contributed by atoms with Gasteiger partial charge in [-0.05, 0) is 48.6 Å². The molecule has 0 aliphatic carbocycles. The number of aryl methyl sites for hydroxylation is 2. The van der Waals surface area contributed by atoms with Gasteiger partial charge in [0.15, 0.2) is 0 Å². The fraction of sp³-hybridized carbons (Fsp3) is 0.500. The van der Waals surface area contributed by atoms with E-state index in [2.05, 4.69) is 20.8 Å². The van der Waals surface area contributed by atoms with E-state index in [1.54, 1.807) is 6.08 Å². The lowest BCUT2D eigenvalue weighted by Crippen LogP contribution is -2.04. The zero-order chi connectivity index (χ0) is 16.4. The van der Waals surface area contributed by atoms with Gasteiger partial charge in [0, 0.05) is 0 Å². The molecule has 0 aliphatic heterocycles. The summed E-state index contributed by atoms with van der Waals surface area (Å²) in [5.74, 6) is 1.83. The molecule has 1 radical (unpaired) electrons. The van der Waals surface area contributed by atoms with Crippen LogP contribution in [0.1, 0.15) is 44.2 Å². The minimum absolute atomic E-state index is 0.219. The Balaban J connectivity index is 2.85. The monoisotopic (exact) mass is 343 g/mol. The Bertz CT molecular complexity index is 455. The lowest BCUT2D eigenvalue weighted by molar-refractivity contribution is 0.300. The quantitative estimate of drug-likeness (QED) is 0.493. The van der Waals surface area contributed by atoms with Crippen molar-refractivity contribution in [1.82, 2.24) is 0 Å². The number of ether oxygens (including phenoxy) is 2. The van der Waals surface area contributed by atoms with Crippen LogP contribution in [-0.2, 0) is 12.8 Å². The first-order valence-corrected chi connectivity index (χ1v) is 8.59. The molecule has 0 aliphatic rings. The predicted molar refractivity (Wildman–Crippen MR) is 95.2 cm³/mol. The largest absolute Gasteiger partial charge is 0.493 e. The molecular formula is C18H25Cl2O2. The molecule has 0 unspecified atom stereocenters. The Morgan fingerprint density at radius 2 is 1.73 bits per heavy atom. The highest BCUT2D eigenvalue weighted by molar-refractivity contribution is 6.55. The smallest absolute Gasteiger partial charge is 0.125 e. The van der Waals surface area contributed by atoms with Crippen LogP contribution in [-0.4, -0.2) is 13.2 Å². The maximum atomic E-state index is 6.01. The first-order valence-electron chi connectivity index (χ1n) is 7.84. The Hall–Kier alpha value is -0.860. The molecule has 0 atom stereocenters. The second-order valence-corrected chi connectivity index (χ2v) is 6.00. The van der Waals surface area contributed by atoms with Crippen molar-refractivity contribution in [2.24, 2.45) is 0 Å². The summed E-state index contributed by atoms with van der Waals surface area (Å²) in [5, 5.41) is 0. The van der Waals surface area contributed by atoms with Crippen LogP contribution in [0.3, 0.4) is 0 Å². The first kappa shape index (κ1) is 19.2. The SMILES string of the molecule is [CH2]CCCCOc1c(CC)cc(OCC=C(Cl)Cl)cc1CC. The van der Waals surface area contributed by atoms with Gasteiger partial charge in [-0.3, -0.25) is 0 Å². The normalized spacial score (nSPS) is 10.4. The Kier molecular flexibility index (Phi) is 9.42. The number of rotatable bonds is 10. The van der Waals surface area contributed by atoms with E-state index in [4.69, 9.17) is 32.7 Å². The molecule has 0 spiro atoms. The average Bonchev–Trinajstić information content (AvgIpc) is 2.51. The van der Waals surface area contributed by atoms with Crippen LogP contribution in [0.5, 0.6) is 11.5 Å². The van der Waals surface area contributed by atoms with Gasteiger partial charge in [-0.2, -0.15) is 0 Å². The molecule has 1 aromatic rings. The zero-order valence-corrected chi connectivity index (χ0v) is 15.0. The summed E-state index contributed by atoms with van der Waals surface area (Å²) in [4.78, 5) is 0.